The van der Waals surface area contributed by atoms with E-state index >= 15 is 0 Å². The van der Waals surface area contributed by atoms with Crippen molar-refractivity contribution in [2.45, 2.75) is 19.5 Å². The third-order valence-corrected chi connectivity index (χ3v) is 3.76. The lowest BCUT2D eigenvalue weighted by molar-refractivity contribution is 0.328. The van der Waals surface area contributed by atoms with Crippen LogP contribution in [0.1, 0.15) is 10.6 Å². The average Bonchev–Trinajstić information content (AvgIpc) is 2.99. The molecule has 0 spiro atoms. The highest BCUT2D eigenvalue weighted by molar-refractivity contribution is 7.09. The summed E-state index contributed by atoms with van der Waals surface area (Å²) in [5.74, 6) is 0. The maximum absolute atomic E-state index is 5.52. The van der Waals surface area contributed by atoms with Crippen molar-refractivity contribution in [2.75, 3.05) is 20.1 Å². The molecule has 2 N–H and O–H groups in total. The Labute approximate surface area is 112 Å². The van der Waals surface area contributed by atoms with Gasteiger partial charge in [-0.25, -0.2) is 4.98 Å². The number of hydrogen-bond donors (Lipinski definition) is 1. The third-order valence-electron chi connectivity index (χ3n) is 2.83. The van der Waals surface area contributed by atoms with Gasteiger partial charge in [-0.05, 0) is 24.9 Å². The lowest BCUT2D eigenvalue weighted by Crippen LogP contribution is -2.20. The van der Waals surface area contributed by atoms with Crippen molar-refractivity contribution < 1.29 is 0 Å². The summed E-state index contributed by atoms with van der Waals surface area (Å²) in [6.45, 7) is 3.45. The minimum Gasteiger partial charge on any atom is -0.336 e. The van der Waals surface area contributed by atoms with E-state index in [0.717, 1.165) is 31.7 Å². The summed E-state index contributed by atoms with van der Waals surface area (Å²) in [6.07, 6.45) is 5.04. The highest BCUT2D eigenvalue weighted by Crippen LogP contribution is 2.10. The molecule has 0 saturated carbocycles. The Morgan fingerprint density at radius 2 is 2.39 bits per heavy atom. The van der Waals surface area contributed by atoms with Crippen LogP contribution < -0.4 is 5.73 Å². The molecular formula is C13H20N4S. The van der Waals surface area contributed by atoms with Gasteiger partial charge in [-0.3, -0.25) is 0 Å². The third kappa shape index (κ3) is 3.94. The van der Waals surface area contributed by atoms with Crippen LogP contribution in [-0.4, -0.2) is 34.6 Å². The minimum absolute atomic E-state index is 0.657. The first-order valence-corrected chi connectivity index (χ1v) is 7.07. The molecule has 0 aliphatic rings. The van der Waals surface area contributed by atoms with Crippen molar-refractivity contribution in [3.8, 4) is 0 Å². The second kappa shape index (κ2) is 6.68. The van der Waals surface area contributed by atoms with Gasteiger partial charge in [0.1, 0.15) is 0 Å². The van der Waals surface area contributed by atoms with Crippen molar-refractivity contribution >= 4 is 11.3 Å². The van der Waals surface area contributed by atoms with Crippen LogP contribution in [0.4, 0.5) is 0 Å². The Morgan fingerprint density at radius 1 is 1.50 bits per heavy atom. The van der Waals surface area contributed by atoms with Gasteiger partial charge in [-0.2, -0.15) is 0 Å². The van der Waals surface area contributed by atoms with Gasteiger partial charge in [0.15, 0.2) is 0 Å². The number of aromatic nitrogens is 2. The predicted molar refractivity (Wildman–Crippen MR) is 75.6 cm³/mol. The number of rotatable bonds is 7. The average molecular weight is 264 g/mol. The zero-order valence-electron chi connectivity index (χ0n) is 10.7. The Hall–Kier alpha value is -1.17. The molecule has 0 aliphatic carbocycles. The molecule has 5 heteroatoms. The molecule has 4 nitrogen and oxygen atoms in total. The molecule has 0 aromatic carbocycles. The normalized spacial score (nSPS) is 11.3. The van der Waals surface area contributed by atoms with Crippen molar-refractivity contribution in [3.63, 3.8) is 0 Å². The molecule has 0 aliphatic heterocycles. The molecule has 0 bridgehead atoms. The smallest absolute Gasteiger partial charge is 0.0950 e. The Balaban J connectivity index is 1.77. The minimum atomic E-state index is 0.657. The molecular weight excluding hydrogens is 244 g/mol. The van der Waals surface area contributed by atoms with Crippen LogP contribution in [0.5, 0.6) is 0 Å². The SMILES string of the molecule is CN(CCc1cccs1)Cc1cn(CCN)cn1. The van der Waals surface area contributed by atoms with Crippen LogP contribution >= 0.6 is 11.3 Å². The number of imidazole rings is 1. The van der Waals surface area contributed by atoms with Crippen LogP contribution in [-0.2, 0) is 19.5 Å². The maximum Gasteiger partial charge on any atom is 0.0950 e. The van der Waals surface area contributed by atoms with Crippen molar-refractivity contribution in [1.29, 1.82) is 0 Å². The van der Waals surface area contributed by atoms with Crippen LogP contribution in [0.3, 0.4) is 0 Å². The summed E-state index contributed by atoms with van der Waals surface area (Å²) in [6, 6.07) is 4.29. The molecule has 0 saturated heterocycles. The summed E-state index contributed by atoms with van der Waals surface area (Å²) < 4.78 is 2.04. The molecule has 2 heterocycles. The van der Waals surface area contributed by atoms with E-state index in [9.17, 15) is 0 Å². The van der Waals surface area contributed by atoms with Gasteiger partial charge >= 0.3 is 0 Å². The fourth-order valence-corrected chi connectivity index (χ4v) is 2.57. The molecule has 2 aromatic heterocycles. The highest BCUT2D eigenvalue weighted by Gasteiger charge is 2.04. The van der Waals surface area contributed by atoms with Crippen LogP contribution in [0, 0.1) is 0 Å². The van der Waals surface area contributed by atoms with Gasteiger partial charge in [-0.15, -0.1) is 11.3 Å². The van der Waals surface area contributed by atoms with E-state index in [1.807, 2.05) is 22.2 Å². The van der Waals surface area contributed by atoms with Gasteiger partial charge in [0, 0.05) is 37.3 Å². The number of thiophene rings is 1. The topological polar surface area (TPSA) is 47.1 Å². The van der Waals surface area contributed by atoms with Crippen molar-refractivity contribution in [3.05, 3.63) is 40.6 Å². The summed E-state index contributed by atoms with van der Waals surface area (Å²) >= 11 is 1.82. The van der Waals surface area contributed by atoms with Gasteiger partial charge in [0.2, 0.25) is 0 Å². The largest absolute Gasteiger partial charge is 0.336 e. The van der Waals surface area contributed by atoms with Crippen molar-refractivity contribution in [1.82, 2.24) is 14.5 Å². The first-order valence-electron chi connectivity index (χ1n) is 6.19. The van der Waals surface area contributed by atoms with Crippen LogP contribution in [0.2, 0.25) is 0 Å². The lowest BCUT2D eigenvalue weighted by atomic mass is 10.3. The van der Waals surface area contributed by atoms with Crippen LogP contribution in [0.15, 0.2) is 30.0 Å². The van der Waals surface area contributed by atoms with Gasteiger partial charge in [0.05, 0.1) is 12.0 Å². The van der Waals surface area contributed by atoms with Gasteiger partial charge < -0.3 is 15.2 Å². The van der Waals surface area contributed by atoms with Gasteiger partial charge in [-0.1, -0.05) is 6.07 Å². The molecule has 2 rings (SSSR count). The molecule has 0 fully saturated rings. The molecule has 0 amide bonds. The Morgan fingerprint density at radius 3 is 3.11 bits per heavy atom. The number of nitrogens with two attached hydrogens (primary N) is 1. The van der Waals surface area contributed by atoms with E-state index in [1.165, 1.54) is 4.88 Å². The molecule has 0 atom stereocenters. The predicted octanol–water partition coefficient (Wildman–Crippen LogP) is 1.58. The summed E-state index contributed by atoms with van der Waals surface area (Å²) in [7, 11) is 2.13. The second-order valence-electron chi connectivity index (χ2n) is 4.46. The summed E-state index contributed by atoms with van der Waals surface area (Å²) in [5.41, 5.74) is 6.62. The molecule has 2 aromatic rings. The molecule has 0 unspecified atom stereocenters. The highest BCUT2D eigenvalue weighted by atomic mass is 32.1. The maximum atomic E-state index is 5.52. The van der Waals surface area contributed by atoms with E-state index < -0.39 is 0 Å². The van der Waals surface area contributed by atoms with E-state index in [-0.39, 0.29) is 0 Å². The van der Waals surface area contributed by atoms with E-state index in [0.29, 0.717) is 6.54 Å². The first-order chi connectivity index (χ1) is 8.78. The zero-order valence-corrected chi connectivity index (χ0v) is 11.6. The lowest BCUT2D eigenvalue weighted by Gasteiger charge is -2.14. The monoisotopic (exact) mass is 264 g/mol. The standard InChI is InChI=1S/C13H20N4S/c1-16(6-4-13-3-2-8-18-13)9-12-10-17(7-5-14)11-15-12/h2-3,8,10-11H,4-7,9,14H2,1H3. The number of likely N-dealkylation sites (N-methyl/N-ethyl adjacent to an activating group) is 1. The fraction of sp³-hybridized carbons (Fsp3) is 0.462. The summed E-state index contributed by atoms with van der Waals surface area (Å²) in [4.78, 5) is 8.13. The number of nitrogens with zero attached hydrogens (tertiary/aromatic N) is 3. The Kier molecular flexibility index (Phi) is 4.92. The second-order valence-corrected chi connectivity index (χ2v) is 5.49. The first kappa shape index (κ1) is 13.3. The van der Waals surface area contributed by atoms with Crippen LogP contribution in [0.25, 0.3) is 0 Å². The Bertz CT molecular complexity index is 449. The van der Waals surface area contributed by atoms with E-state index in [2.05, 4.69) is 40.6 Å². The quantitative estimate of drug-likeness (QED) is 0.826. The van der Waals surface area contributed by atoms with Crippen molar-refractivity contribution in [2.24, 2.45) is 5.73 Å². The van der Waals surface area contributed by atoms with E-state index in [4.69, 9.17) is 5.73 Å². The fourth-order valence-electron chi connectivity index (χ4n) is 1.87. The molecule has 98 valence electrons. The van der Waals surface area contributed by atoms with Gasteiger partial charge in [0.25, 0.3) is 0 Å². The molecule has 0 radical (unpaired) electrons. The molecule has 18 heavy (non-hydrogen) atoms. The number of hydrogen-bond acceptors (Lipinski definition) is 4. The zero-order chi connectivity index (χ0) is 12.8. The van der Waals surface area contributed by atoms with E-state index in [1.54, 1.807) is 0 Å². The summed E-state index contributed by atoms with van der Waals surface area (Å²) in [5, 5.41) is 2.13.